The summed E-state index contributed by atoms with van der Waals surface area (Å²) in [6, 6.07) is 12.5. The number of aromatic nitrogens is 2. The van der Waals surface area contributed by atoms with Gasteiger partial charge in [0, 0.05) is 16.3 Å². The van der Waals surface area contributed by atoms with Crippen molar-refractivity contribution in [3.63, 3.8) is 0 Å². The largest absolute Gasteiger partial charge is 0.326 e. The molecule has 0 bridgehead atoms. The number of halogens is 1. The number of hydrogen-bond donors (Lipinski definition) is 2. The molecule has 1 aliphatic rings. The Labute approximate surface area is 167 Å². The van der Waals surface area contributed by atoms with Crippen molar-refractivity contribution in [2.75, 3.05) is 10.6 Å². The Balaban J connectivity index is 1.54. The van der Waals surface area contributed by atoms with Crippen LogP contribution in [0, 0.1) is 13.8 Å². The van der Waals surface area contributed by atoms with Gasteiger partial charge in [-0.05, 0) is 43.2 Å². The summed E-state index contributed by atoms with van der Waals surface area (Å²) in [4.78, 5) is 25.0. The number of hydrogen-bond acceptors (Lipinski definition) is 3. The first-order chi connectivity index (χ1) is 13.4. The summed E-state index contributed by atoms with van der Waals surface area (Å²) in [5.74, 6) is 0.0958. The smallest absolute Gasteiger partial charge is 0.251 e. The molecule has 2 aromatic carbocycles. The maximum absolute atomic E-state index is 12.5. The zero-order chi connectivity index (χ0) is 19.8. The molecule has 0 saturated carbocycles. The monoisotopic (exact) mass is 394 g/mol. The number of benzene rings is 2. The van der Waals surface area contributed by atoms with Gasteiger partial charge >= 0.3 is 0 Å². The lowest BCUT2D eigenvalue weighted by atomic mass is 10.1. The zero-order valence-electron chi connectivity index (χ0n) is 15.5. The predicted octanol–water partition coefficient (Wildman–Crippen LogP) is 4.34. The van der Waals surface area contributed by atoms with E-state index in [0.29, 0.717) is 10.8 Å². The Kier molecular flexibility index (Phi) is 4.65. The number of aryl methyl sites for hydroxylation is 2. The van der Waals surface area contributed by atoms with Crippen molar-refractivity contribution in [1.82, 2.24) is 9.78 Å². The summed E-state index contributed by atoms with van der Waals surface area (Å²) >= 11 is 6.07. The van der Waals surface area contributed by atoms with Crippen LogP contribution >= 0.6 is 11.6 Å². The van der Waals surface area contributed by atoms with Gasteiger partial charge in [0.05, 0.1) is 12.6 Å². The average molecular weight is 395 g/mol. The molecule has 142 valence electrons. The molecule has 3 aromatic rings. The average Bonchev–Trinajstić information content (AvgIpc) is 3.17. The second-order valence-electron chi connectivity index (χ2n) is 6.94. The Morgan fingerprint density at radius 1 is 1.25 bits per heavy atom. The van der Waals surface area contributed by atoms with Crippen molar-refractivity contribution in [2.24, 2.45) is 0 Å². The quantitative estimate of drug-likeness (QED) is 0.691. The van der Waals surface area contributed by atoms with E-state index >= 15 is 0 Å². The van der Waals surface area contributed by atoms with E-state index < -0.39 is 6.04 Å². The lowest BCUT2D eigenvalue weighted by molar-refractivity contribution is -0.123. The van der Waals surface area contributed by atoms with Crippen molar-refractivity contribution >= 4 is 34.9 Å². The fraction of sp³-hybridized carbons (Fsp3) is 0.190. The summed E-state index contributed by atoms with van der Waals surface area (Å²) in [6.45, 7) is 3.94. The zero-order valence-corrected chi connectivity index (χ0v) is 16.2. The third kappa shape index (κ3) is 3.39. The van der Waals surface area contributed by atoms with Crippen LogP contribution in [-0.2, 0) is 9.59 Å². The summed E-state index contributed by atoms with van der Waals surface area (Å²) in [5.41, 5.74) is 4.48. The van der Waals surface area contributed by atoms with Crippen molar-refractivity contribution in [2.45, 2.75) is 26.3 Å². The first-order valence-electron chi connectivity index (χ1n) is 8.94. The molecule has 0 saturated heterocycles. The first kappa shape index (κ1) is 18.3. The van der Waals surface area contributed by atoms with Crippen LogP contribution in [0.4, 0.5) is 11.5 Å². The van der Waals surface area contributed by atoms with E-state index in [2.05, 4.69) is 15.7 Å². The van der Waals surface area contributed by atoms with E-state index in [0.717, 1.165) is 27.9 Å². The van der Waals surface area contributed by atoms with Crippen molar-refractivity contribution in [3.8, 4) is 11.1 Å². The number of carbonyl (C=O) groups excluding carboxylic acids is 2. The molecule has 0 aliphatic carbocycles. The molecule has 0 radical (unpaired) electrons. The van der Waals surface area contributed by atoms with Crippen LogP contribution in [0.15, 0.2) is 48.7 Å². The van der Waals surface area contributed by atoms with Gasteiger partial charge in [-0.2, -0.15) is 5.10 Å². The van der Waals surface area contributed by atoms with Crippen LogP contribution in [-0.4, -0.2) is 21.6 Å². The van der Waals surface area contributed by atoms with E-state index in [-0.39, 0.29) is 18.2 Å². The van der Waals surface area contributed by atoms with Gasteiger partial charge in [0.1, 0.15) is 11.9 Å². The number of fused-ring (bicyclic) bond motifs is 1. The molecule has 6 nitrogen and oxygen atoms in total. The van der Waals surface area contributed by atoms with Crippen LogP contribution in [0.3, 0.4) is 0 Å². The lowest BCUT2D eigenvalue weighted by Crippen LogP contribution is -2.23. The molecule has 4 rings (SSSR count). The molecule has 0 spiro atoms. The van der Waals surface area contributed by atoms with E-state index in [9.17, 15) is 9.59 Å². The van der Waals surface area contributed by atoms with Crippen LogP contribution in [0.2, 0.25) is 5.02 Å². The van der Waals surface area contributed by atoms with Crippen molar-refractivity contribution in [1.29, 1.82) is 0 Å². The normalized spacial score (nSPS) is 15.2. The summed E-state index contributed by atoms with van der Waals surface area (Å²) < 4.78 is 1.57. The molecule has 1 aliphatic heterocycles. The van der Waals surface area contributed by atoms with Crippen LogP contribution in [0.25, 0.3) is 11.1 Å². The maximum atomic E-state index is 12.5. The van der Waals surface area contributed by atoms with Gasteiger partial charge in [-0.3, -0.25) is 9.59 Å². The van der Waals surface area contributed by atoms with Gasteiger partial charge in [-0.1, -0.05) is 41.4 Å². The molecule has 2 heterocycles. The molecule has 2 N–H and O–H groups in total. The van der Waals surface area contributed by atoms with E-state index in [1.54, 1.807) is 16.9 Å². The molecule has 1 unspecified atom stereocenters. The molecule has 1 aromatic heterocycles. The van der Waals surface area contributed by atoms with Gasteiger partial charge < -0.3 is 10.6 Å². The first-order valence-corrected chi connectivity index (χ1v) is 9.31. The van der Waals surface area contributed by atoms with Gasteiger partial charge in [-0.25, -0.2) is 4.68 Å². The number of nitrogens with zero attached hydrogens (tertiary/aromatic N) is 2. The van der Waals surface area contributed by atoms with Crippen LogP contribution in [0.1, 0.15) is 23.6 Å². The summed E-state index contributed by atoms with van der Waals surface area (Å²) in [7, 11) is 0. The number of rotatable bonds is 4. The fourth-order valence-electron chi connectivity index (χ4n) is 3.41. The van der Waals surface area contributed by atoms with Crippen molar-refractivity contribution in [3.05, 3.63) is 64.8 Å². The Bertz CT molecular complexity index is 1090. The number of anilines is 2. The highest BCUT2D eigenvalue weighted by molar-refractivity contribution is 6.30. The number of nitrogens with one attached hydrogen (secondary N) is 2. The minimum Gasteiger partial charge on any atom is -0.326 e. The highest BCUT2D eigenvalue weighted by Gasteiger charge is 2.35. The highest BCUT2D eigenvalue weighted by Crippen LogP contribution is 2.36. The molecule has 7 heteroatoms. The van der Waals surface area contributed by atoms with Crippen LogP contribution < -0.4 is 10.6 Å². The molecular formula is C21H19ClN4O2. The number of amides is 2. The van der Waals surface area contributed by atoms with E-state index in [4.69, 9.17) is 11.6 Å². The molecular weight excluding hydrogens is 376 g/mol. The second kappa shape index (κ2) is 7.13. The van der Waals surface area contributed by atoms with Gasteiger partial charge in [0.25, 0.3) is 5.91 Å². The summed E-state index contributed by atoms with van der Waals surface area (Å²) in [5, 5.41) is 10.7. The Hall–Kier alpha value is -3.12. The molecule has 1 atom stereocenters. The second-order valence-corrected chi connectivity index (χ2v) is 7.37. The van der Waals surface area contributed by atoms with Gasteiger partial charge in [0.15, 0.2) is 0 Å². The standard InChI is InChI=1S/C21H19ClN4O2/c1-12-6-7-17(13(2)8-12)24-19(27)10-18-21(28)25-20-16(11-23-26(18)20)14-4-3-5-15(22)9-14/h3-9,11,18H,10H2,1-2H3,(H,24,27)(H,25,28). The summed E-state index contributed by atoms with van der Waals surface area (Å²) in [6.07, 6.45) is 1.68. The van der Waals surface area contributed by atoms with E-state index in [1.165, 1.54) is 0 Å². The lowest BCUT2D eigenvalue weighted by Gasteiger charge is -2.12. The SMILES string of the molecule is Cc1ccc(NC(=O)CC2C(=O)Nc3c(-c4cccc(Cl)c4)cnn32)c(C)c1. The molecule has 28 heavy (non-hydrogen) atoms. The Morgan fingerprint density at radius 2 is 2.07 bits per heavy atom. The van der Waals surface area contributed by atoms with Gasteiger partial charge in [0.2, 0.25) is 5.91 Å². The predicted molar refractivity (Wildman–Crippen MR) is 110 cm³/mol. The van der Waals surface area contributed by atoms with Gasteiger partial charge in [-0.15, -0.1) is 0 Å². The highest BCUT2D eigenvalue weighted by atomic mass is 35.5. The molecule has 2 amide bonds. The van der Waals surface area contributed by atoms with Crippen LogP contribution in [0.5, 0.6) is 0 Å². The Morgan fingerprint density at radius 3 is 2.82 bits per heavy atom. The minimum atomic E-state index is -0.686. The minimum absolute atomic E-state index is 0.00279. The fourth-order valence-corrected chi connectivity index (χ4v) is 3.60. The maximum Gasteiger partial charge on any atom is 0.251 e. The third-order valence-corrected chi connectivity index (χ3v) is 5.04. The van der Waals surface area contributed by atoms with Crippen molar-refractivity contribution < 1.29 is 9.59 Å². The third-order valence-electron chi connectivity index (χ3n) is 4.81. The topological polar surface area (TPSA) is 76.0 Å². The van der Waals surface area contributed by atoms with E-state index in [1.807, 2.05) is 50.2 Å². The number of carbonyl (C=O) groups is 2. The molecule has 0 fully saturated rings.